The van der Waals surface area contributed by atoms with Crippen molar-refractivity contribution in [1.82, 2.24) is 24.5 Å². The number of ether oxygens (including phenoxy) is 1. The van der Waals surface area contributed by atoms with Crippen molar-refractivity contribution in [2.24, 2.45) is 7.05 Å². The van der Waals surface area contributed by atoms with Gasteiger partial charge in [-0.1, -0.05) is 0 Å². The van der Waals surface area contributed by atoms with Gasteiger partial charge in [-0.15, -0.1) is 11.3 Å². The van der Waals surface area contributed by atoms with E-state index in [9.17, 15) is 9.18 Å². The van der Waals surface area contributed by atoms with E-state index in [1.807, 2.05) is 33.0 Å². The molecule has 1 aliphatic heterocycles. The summed E-state index contributed by atoms with van der Waals surface area (Å²) in [6.07, 6.45) is 5.34. The fourth-order valence-electron chi connectivity index (χ4n) is 4.18. The number of hydrogen-bond donors (Lipinski definition) is 0. The molecule has 1 amide bonds. The number of rotatable bonds is 2. The molecular formula is C23H26FN5O2S. The highest BCUT2D eigenvalue weighted by Gasteiger charge is 2.28. The lowest BCUT2D eigenvalue weighted by atomic mass is 9.95. The second-order valence-corrected chi connectivity index (χ2v) is 10.5. The molecule has 1 aromatic carbocycles. The lowest BCUT2D eigenvalue weighted by Gasteiger charge is -2.33. The van der Waals surface area contributed by atoms with Crippen molar-refractivity contribution in [1.29, 1.82) is 0 Å². The molecule has 0 N–H and O–H groups in total. The molecule has 1 saturated heterocycles. The summed E-state index contributed by atoms with van der Waals surface area (Å²) in [6, 6.07) is 5.50. The van der Waals surface area contributed by atoms with Gasteiger partial charge >= 0.3 is 6.09 Å². The van der Waals surface area contributed by atoms with Crippen LogP contribution < -0.4 is 0 Å². The van der Waals surface area contributed by atoms with Crippen LogP contribution in [0.25, 0.3) is 26.8 Å². The third-order valence-electron chi connectivity index (χ3n) is 5.69. The van der Waals surface area contributed by atoms with Crippen LogP contribution in [0.1, 0.15) is 44.4 Å². The fourth-order valence-corrected chi connectivity index (χ4v) is 5.36. The van der Waals surface area contributed by atoms with Crippen LogP contribution in [0.2, 0.25) is 0 Å². The molecule has 0 atom stereocenters. The van der Waals surface area contributed by atoms with Gasteiger partial charge in [0.1, 0.15) is 16.6 Å². The van der Waals surface area contributed by atoms with Crippen molar-refractivity contribution in [3.05, 3.63) is 41.3 Å². The number of amides is 1. The van der Waals surface area contributed by atoms with E-state index >= 15 is 0 Å². The number of carbonyl (C=O) groups excluding carboxylic acids is 1. The highest BCUT2D eigenvalue weighted by molar-refractivity contribution is 7.19. The largest absolute Gasteiger partial charge is 0.444 e. The first-order valence-electron chi connectivity index (χ1n) is 10.8. The zero-order valence-electron chi connectivity index (χ0n) is 18.6. The number of aromatic nitrogens is 4. The van der Waals surface area contributed by atoms with Crippen LogP contribution >= 0.6 is 11.3 Å². The minimum Gasteiger partial charge on any atom is -0.444 e. The Hall–Kier alpha value is -2.94. The van der Waals surface area contributed by atoms with Gasteiger partial charge in [-0.05, 0) is 51.7 Å². The maximum Gasteiger partial charge on any atom is 0.410 e. The summed E-state index contributed by atoms with van der Waals surface area (Å²) in [5, 5.41) is 9.59. The molecule has 168 valence electrons. The van der Waals surface area contributed by atoms with Crippen molar-refractivity contribution < 1.29 is 13.9 Å². The standard InChI is InChI=1S/C23H26FN5O2S/c1-23(2,3)31-22(30)28-7-5-14(6-8-28)19-11-18-20(32-19)13-29(25-18)16-9-15-12-27(4)26-21(15)17(24)10-16/h9-14H,5-8H2,1-4H3. The summed E-state index contributed by atoms with van der Waals surface area (Å²) in [7, 11) is 1.78. The maximum atomic E-state index is 14.5. The minimum absolute atomic E-state index is 0.235. The molecule has 3 aromatic heterocycles. The van der Waals surface area contributed by atoms with E-state index < -0.39 is 5.60 Å². The lowest BCUT2D eigenvalue weighted by Crippen LogP contribution is -2.41. The van der Waals surface area contributed by atoms with Crippen molar-refractivity contribution in [2.75, 3.05) is 13.1 Å². The van der Waals surface area contributed by atoms with E-state index in [1.165, 1.54) is 10.9 Å². The second kappa shape index (κ2) is 7.58. The number of hydrogen-bond acceptors (Lipinski definition) is 5. The van der Waals surface area contributed by atoms with Crippen LogP contribution in [0.5, 0.6) is 0 Å². The Morgan fingerprint density at radius 2 is 1.91 bits per heavy atom. The van der Waals surface area contributed by atoms with Gasteiger partial charge in [-0.3, -0.25) is 4.68 Å². The van der Waals surface area contributed by atoms with Crippen LogP contribution in [-0.2, 0) is 11.8 Å². The quantitative estimate of drug-likeness (QED) is 0.415. The topological polar surface area (TPSA) is 65.2 Å². The van der Waals surface area contributed by atoms with Crippen molar-refractivity contribution in [3.8, 4) is 5.69 Å². The molecule has 5 rings (SSSR count). The van der Waals surface area contributed by atoms with Gasteiger partial charge in [-0.25, -0.2) is 13.9 Å². The number of aryl methyl sites for hydroxylation is 1. The monoisotopic (exact) mass is 455 g/mol. The summed E-state index contributed by atoms with van der Waals surface area (Å²) in [5.41, 5.74) is 1.48. The number of likely N-dealkylation sites (tertiary alicyclic amines) is 1. The molecule has 7 nitrogen and oxygen atoms in total. The van der Waals surface area contributed by atoms with Crippen LogP contribution in [0.15, 0.2) is 30.6 Å². The SMILES string of the molecule is Cn1cc2cc(-n3cc4sc(C5CCN(C(=O)OC(C)(C)C)CC5)cc4n3)cc(F)c2n1. The summed E-state index contributed by atoms with van der Waals surface area (Å²) in [5.74, 6) is 0.0555. The molecule has 0 bridgehead atoms. The van der Waals surface area contributed by atoms with Gasteiger partial charge in [-0.2, -0.15) is 10.2 Å². The van der Waals surface area contributed by atoms with Gasteiger partial charge in [0.25, 0.3) is 0 Å². The predicted octanol–water partition coefficient (Wildman–Crippen LogP) is 5.23. The number of nitrogens with zero attached hydrogens (tertiary/aromatic N) is 5. The Bertz CT molecular complexity index is 1280. The highest BCUT2D eigenvalue weighted by Crippen LogP contribution is 2.37. The number of fused-ring (bicyclic) bond motifs is 2. The van der Waals surface area contributed by atoms with Crippen molar-refractivity contribution in [2.45, 2.75) is 45.1 Å². The number of benzene rings is 1. The third kappa shape index (κ3) is 3.97. The molecule has 0 unspecified atom stereocenters. The number of thiophene rings is 1. The first-order chi connectivity index (χ1) is 15.2. The molecule has 4 heterocycles. The molecule has 0 saturated carbocycles. The lowest BCUT2D eigenvalue weighted by molar-refractivity contribution is 0.0205. The Morgan fingerprint density at radius 1 is 1.16 bits per heavy atom. The Labute approximate surface area is 189 Å². The van der Waals surface area contributed by atoms with E-state index in [1.54, 1.807) is 38.8 Å². The molecule has 0 radical (unpaired) electrons. The highest BCUT2D eigenvalue weighted by atomic mass is 32.1. The molecule has 4 aromatic rings. The summed E-state index contributed by atoms with van der Waals surface area (Å²) in [6.45, 7) is 7.05. The first kappa shape index (κ1) is 20.9. The molecule has 1 aliphatic rings. The van der Waals surface area contributed by atoms with Gasteiger partial charge in [0.05, 0.1) is 10.4 Å². The van der Waals surface area contributed by atoms with Gasteiger partial charge in [0.15, 0.2) is 5.82 Å². The van der Waals surface area contributed by atoms with Crippen LogP contribution in [-0.4, -0.2) is 49.2 Å². The maximum absolute atomic E-state index is 14.5. The van der Waals surface area contributed by atoms with Gasteiger partial charge in [0, 0.05) is 48.9 Å². The zero-order chi connectivity index (χ0) is 22.6. The fraction of sp³-hybridized carbons (Fsp3) is 0.435. The van der Waals surface area contributed by atoms with Crippen molar-refractivity contribution >= 4 is 38.5 Å². The van der Waals surface area contributed by atoms with E-state index in [-0.39, 0.29) is 11.9 Å². The molecular weight excluding hydrogens is 429 g/mol. The first-order valence-corrected chi connectivity index (χ1v) is 11.6. The summed E-state index contributed by atoms with van der Waals surface area (Å²) in [4.78, 5) is 15.4. The van der Waals surface area contributed by atoms with E-state index in [0.717, 1.165) is 28.4 Å². The predicted molar refractivity (Wildman–Crippen MR) is 123 cm³/mol. The second-order valence-electron chi connectivity index (χ2n) is 9.38. The molecule has 0 spiro atoms. The van der Waals surface area contributed by atoms with Crippen LogP contribution in [0, 0.1) is 5.82 Å². The zero-order valence-corrected chi connectivity index (χ0v) is 19.4. The Kier molecular flexibility index (Phi) is 4.96. The van der Waals surface area contributed by atoms with E-state index in [0.29, 0.717) is 30.2 Å². The minimum atomic E-state index is -0.476. The normalized spacial score (nSPS) is 15.7. The third-order valence-corrected chi connectivity index (χ3v) is 6.91. The summed E-state index contributed by atoms with van der Waals surface area (Å²) >= 11 is 1.72. The smallest absolute Gasteiger partial charge is 0.410 e. The van der Waals surface area contributed by atoms with Gasteiger partial charge in [0.2, 0.25) is 0 Å². The van der Waals surface area contributed by atoms with Crippen molar-refractivity contribution in [3.63, 3.8) is 0 Å². The molecule has 1 fully saturated rings. The number of piperidine rings is 1. The number of carbonyl (C=O) groups is 1. The Balaban J connectivity index is 1.31. The molecule has 32 heavy (non-hydrogen) atoms. The summed E-state index contributed by atoms with van der Waals surface area (Å²) < 4.78 is 24.4. The van der Waals surface area contributed by atoms with Crippen LogP contribution in [0.3, 0.4) is 0 Å². The molecule has 0 aliphatic carbocycles. The van der Waals surface area contributed by atoms with E-state index in [4.69, 9.17) is 4.74 Å². The van der Waals surface area contributed by atoms with Gasteiger partial charge < -0.3 is 9.64 Å². The van der Waals surface area contributed by atoms with E-state index in [2.05, 4.69) is 16.3 Å². The average molecular weight is 456 g/mol. The molecule has 9 heteroatoms. The Morgan fingerprint density at radius 3 is 2.59 bits per heavy atom. The number of halogens is 1. The average Bonchev–Trinajstić information content (AvgIpc) is 3.39. The van der Waals surface area contributed by atoms with Crippen LogP contribution in [0.4, 0.5) is 9.18 Å².